The van der Waals surface area contributed by atoms with Crippen LogP contribution in [0.15, 0.2) is 36.5 Å². The van der Waals surface area contributed by atoms with E-state index in [1.807, 2.05) is 62.4 Å². The first-order chi connectivity index (χ1) is 12.5. The van der Waals surface area contributed by atoms with Gasteiger partial charge in [0.15, 0.2) is 0 Å². The van der Waals surface area contributed by atoms with Crippen molar-refractivity contribution in [3.63, 3.8) is 0 Å². The van der Waals surface area contributed by atoms with Crippen LogP contribution in [-0.4, -0.2) is 42.1 Å². The van der Waals surface area contributed by atoms with Gasteiger partial charge in [0, 0.05) is 43.5 Å². The molecule has 1 fully saturated rings. The fourth-order valence-corrected chi connectivity index (χ4v) is 3.38. The zero-order valence-corrected chi connectivity index (χ0v) is 15.7. The van der Waals surface area contributed by atoms with Crippen molar-refractivity contribution in [1.29, 1.82) is 0 Å². The van der Waals surface area contributed by atoms with Gasteiger partial charge in [0.05, 0.1) is 0 Å². The molecule has 6 nitrogen and oxygen atoms in total. The van der Waals surface area contributed by atoms with E-state index in [0.29, 0.717) is 12.0 Å². The van der Waals surface area contributed by atoms with Crippen molar-refractivity contribution in [2.24, 2.45) is 0 Å². The third kappa shape index (κ3) is 4.50. The van der Waals surface area contributed by atoms with Gasteiger partial charge in [0.1, 0.15) is 5.82 Å². The summed E-state index contributed by atoms with van der Waals surface area (Å²) in [6, 6.07) is 9.97. The summed E-state index contributed by atoms with van der Waals surface area (Å²) in [7, 11) is 3.97. The second kappa shape index (κ2) is 8.17. The molecule has 0 aliphatic heterocycles. The number of nitrogens with zero attached hydrogens (tertiary/aromatic N) is 3. The molecule has 1 aliphatic carbocycles. The first-order valence-corrected chi connectivity index (χ1v) is 9.16. The van der Waals surface area contributed by atoms with Crippen LogP contribution in [0.2, 0.25) is 0 Å². The Morgan fingerprint density at radius 2 is 1.73 bits per heavy atom. The summed E-state index contributed by atoms with van der Waals surface area (Å²) in [6.07, 6.45) is 5.77. The van der Waals surface area contributed by atoms with Crippen LogP contribution in [0.25, 0.3) is 0 Å². The minimum Gasteiger partial charge on any atom is -0.362 e. The third-order valence-electron chi connectivity index (χ3n) is 4.80. The SMILES string of the molecule is Cc1cnc(N[C@H]2CC[C@@H](NC(=O)c3ccccc3)CC2)nc1N(C)C. The molecule has 1 saturated carbocycles. The second-order valence-corrected chi connectivity index (χ2v) is 7.13. The molecule has 138 valence electrons. The zero-order chi connectivity index (χ0) is 18.5. The quantitative estimate of drug-likeness (QED) is 0.865. The van der Waals surface area contributed by atoms with Crippen molar-refractivity contribution in [2.45, 2.75) is 44.7 Å². The highest BCUT2D eigenvalue weighted by molar-refractivity contribution is 5.94. The first-order valence-electron chi connectivity index (χ1n) is 9.16. The second-order valence-electron chi connectivity index (χ2n) is 7.13. The molecular formula is C20H27N5O. The van der Waals surface area contributed by atoms with E-state index in [-0.39, 0.29) is 11.9 Å². The molecule has 0 spiro atoms. The largest absolute Gasteiger partial charge is 0.362 e. The molecule has 0 atom stereocenters. The molecule has 0 bridgehead atoms. The van der Waals surface area contributed by atoms with Gasteiger partial charge < -0.3 is 15.5 Å². The molecule has 0 radical (unpaired) electrons. The van der Waals surface area contributed by atoms with Gasteiger partial charge in [0.25, 0.3) is 5.91 Å². The van der Waals surface area contributed by atoms with Crippen molar-refractivity contribution in [3.05, 3.63) is 47.7 Å². The minimum absolute atomic E-state index is 0.0134. The average Bonchev–Trinajstić information content (AvgIpc) is 2.65. The Labute approximate surface area is 155 Å². The zero-order valence-electron chi connectivity index (χ0n) is 15.7. The molecule has 0 unspecified atom stereocenters. The Kier molecular flexibility index (Phi) is 5.71. The van der Waals surface area contributed by atoms with E-state index in [1.54, 1.807) is 0 Å². The Balaban J connectivity index is 1.51. The van der Waals surface area contributed by atoms with Crippen LogP contribution < -0.4 is 15.5 Å². The van der Waals surface area contributed by atoms with Gasteiger partial charge in [-0.3, -0.25) is 4.79 Å². The lowest BCUT2D eigenvalue weighted by molar-refractivity contribution is 0.0926. The maximum Gasteiger partial charge on any atom is 0.251 e. The summed E-state index contributed by atoms with van der Waals surface area (Å²) in [5.41, 5.74) is 1.78. The number of aryl methyl sites for hydroxylation is 1. The number of benzene rings is 1. The van der Waals surface area contributed by atoms with Crippen molar-refractivity contribution < 1.29 is 4.79 Å². The van der Waals surface area contributed by atoms with E-state index in [9.17, 15) is 4.79 Å². The highest BCUT2D eigenvalue weighted by Crippen LogP contribution is 2.23. The molecule has 2 aromatic rings. The maximum absolute atomic E-state index is 12.3. The van der Waals surface area contributed by atoms with Crippen molar-refractivity contribution in [3.8, 4) is 0 Å². The Hall–Kier alpha value is -2.63. The molecule has 1 aliphatic rings. The van der Waals surface area contributed by atoms with E-state index in [2.05, 4.69) is 20.6 Å². The number of rotatable bonds is 5. The predicted octanol–water partition coefficient (Wildman–Crippen LogP) is 3.00. The molecule has 1 heterocycles. The van der Waals surface area contributed by atoms with Crippen LogP contribution in [-0.2, 0) is 0 Å². The fourth-order valence-electron chi connectivity index (χ4n) is 3.38. The van der Waals surface area contributed by atoms with Gasteiger partial charge in [0.2, 0.25) is 5.95 Å². The van der Waals surface area contributed by atoms with Gasteiger partial charge in [-0.25, -0.2) is 4.98 Å². The highest BCUT2D eigenvalue weighted by Gasteiger charge is 2.23. The molecule has 1 aromatic carbocycles. The Bertz CT molecular complexity index is 739. The number of carbonyl (C=O) groups is 1. The molecule has 1 aromatic heterocycles. The molecule has 3 rings (SSSR count). The first kappa shape index (κ1) is 18.2. The van der Waals surface area contributed by atoms with Gasteiger partial charge in [-0.2, -0.15) is 4.98 Å². The van der Waals surface area contributed by atoms with E-state index >= 15 is 0 Å². The smallest absolute Gasteiger partial charge is 0.251 e. The molecule has 26 heavy (non-hydrogen) atoms. The van der Waals surface area contributed by atoms with Crippen LogP contribution in [0.4, 0.5) is 11.8 Å². The normalized spacial score (nSPS) is 19.7. The summed E-state index contributed by atoms with van der Waals surface area (Å²) in [4.78, 5) is 23.3. The molecule has 6 heteroatoms. The molecular weight excluding hydrogens is 326 g/mol. The number of hydrogen-bond donors (Lipinski definition) is 2. The van der Waals surface area contributed by atoms with Crippen LogP contribution in [0, 0.1) is 6.92 Å². The summed E-state index contributed by atoms with van der Waals surface area (Å²) in [5, 5.41) is 6.59. The van der Waals surface area contributed by atoms with Crippen LogP contribution in [0.1, 0.15) is 41.6 Å². The summed E-state index contributed by atoms with van der Waals surface area (Å²) < 4.78 is 0. The van der Waals surface area contributed by atoms with Crippen LogP contribution in [0.3, 0.4) is 0 Å². The van der Waals surface area contributed by atoms with E-state index in [1.165, 1.54) is 0 Å². The van der Waals surface area contributed by atoms with Gasteiger partial charge in [-0.1, -0.05) is 18.2 Å². The van der Waals surface area contributed by atoms with Crippen LogP contribution in [0.5, 0.6) is 0 Å². The fraction of sp³-hybridized carbons (Fsp3) is 0.450. The summed E-state index contributed by atoms with van der Waals surface area (Å²) in [6.45, 7) is 2.01. The standard InChI is InChI=1S/C20H27N5O/c1-14-13-21-20(24-18(14)25(2)3)23-17-11-9-16(10-12-17)22-19(26)15-7-5-4-6-8-15/h4-8,13,16-17H,9-12H2,1-3H3,(H,22,26)(H,21,23,24)/t16-,17+. The lowest BCUT2D eigenvalue weighted by atomic mass is 9.91. The number of anilines is 2. The van der Waals surface area contributed by atoms with Crippen molar-refractivity contribution >= 4 is 17.7 Å². The van der Waals surface area contributed by atoms with Gasteiger partial charge in [-0.05, 0) is 44.7 Å². The van der Waals surface area contributed by atoms with E-state index < -0.39 is 0 Å². The maximum atomic E-state index is 12.3. The number of aromatic nitrogens is 2. The number of amides is 1. The third-order valence-corrected chi connectivity index (χ3v) is 4.80. The average molecular weight is 353 g/mol. The highest BCUT2D eigenvalue weighted by atomic mass is 16.1. The molecule has 2 N–H and O–H groups in total. The number of nitrogens with one attached hydrogen (secondary N) is 2. The molecule has 1 amide bonds. The van der Waals surface area contributed by atoms with Crippen LogP contribution >= 0.6 is 0 Å². The monoisotopic (exact) mass is 353 g/mol. The van der Waals surface area contributed by atoms with E-state index in [0.717, 1.165) is 42.6 Å². The lowest BCUT2D eigenvalue weighted by Gasteiger charge is -2.30. The number of hydrogen-bond acceptors (Lipinski definition) is 5. The lowest BCUT2D eigenvalue weighted by Crippen LogP contribution is -2.40. The molecule has 0 saturated heterocycles. The summed E-state index contributed by atoms with van der Waals surface area (Å²) >= 11 is 0. The summed E-state index contributed by atoms with van der Waals surface area (Å²) in [5.74, 6) is 1.63. The predicted molar refractivity (Wildman–Crippen MR) is 105 cm³/mol. The number of carbonyl (C=O) groups excluding carboxylic acids is 1. The van der Waals surface area contributed by atoms with Gasteiger partial charge in [-0.15, -0.1) is 0 Å². The van der Waals surface area contributed by atoms with Crippen molar-refractivity contribution in [1.82, 2.24) is 15.3 Å². The Morgan fingerprint density at radius 1 is 1.08 bits per heavy atom. The van der Waals surface area contributed by atoms with Crippen molar-refractivity contribution in [2.75, 3.05) is 24.3 Å². The van der Waals surface area contributed by atoms with E-state index in [4.69, 9.17) is 0 Å². The topological polar surface area (TPSA) is 70.1 Å². The Morgan fingerprint density at radius 3 is 2.38 bits per heavy atom. The van der Waals surface area contributed by atoms with Gasteiger partial charge >= 0.3 is 0 Å². The minimum atomic E-state index is 0.0134.